The number of hydrogen-bond acceptors (Lipinski definition) is 6. The van der Waals surface area contributed by atoms with Crippen molar-refractivity contribution in [2.75, 3.05) is 20.8 Å². The van der Waals surface area contributed by atoms with Gasteiger partial charge in [0.25, 0.3) is 5.91 Å². The Morgan fingerprint density at radius 3 is 2.39 bits per heavy atom. The number of carbonyl (C=O) groups excluding carboxylic acids is 2. The fourth-order valence-corrected chi connectivity index (χ4v) is 2.83. The van der Waals surface area contributed by atoms with Crippen molar-refractivity contribution < 1.29 is 24.0 Å². The van der Waals surface area contributed by atoms with E-state index >= 15 is 0 Å². The van der Waals surface area contributed by atoms with E-state index < -0.39 is 16.8 Å². The van der Waals surface area contributed by atoms with Gasteiger partial charge in [-0.2, -0.15) is 0 Å². The van der Waals surface area contributed by atoms with E-state index in [0.29, 0.717) is 0 Å². The zero-order valence-corrected chi connectivity index (χ0v) is 16.0. The summed E-state index contributed by atoms with van der Waals surface area (Å²) in [4.78, 5) is 36.9. The normalized spacial score (nSPS) is 11.4. The molecule has 8 nitrogen and oxygen atoms in total. The molecular formula is C20H22N2O6. The zero-order valence-electron chi connectivity index (χ0n) is 16.0. The topological polar surface area (TPSA) is 99.0 Å². The molecule has 0 fully saturated rings. The highest BCUT2D eigenvalue weighted by atomic mass is 16.6. The molecule has 0 heterocycles. The molecule has 0 aliphatic carbocycles. The Balaban J connectivity index is 2.39. The molecule has 8 heteroatoms. The minimum absolute atomic E-state index is 0.0116. The number of benzene rings is 2. The third kappa shape index (κ3) is 4.85. The van der Waals surface area contributed by atoms with Crippen molar-refractivity contribution in [2.45, 2.75) is 19.4 Å². The van der Waals surface area contributed by atoms with E-state index in [0.717, 1.165) is 5.56 Å². The van der Waals surface area contributed by atoms with Crippen LogP contribution in [-0.4, -0.2) is 42.5 Å². The molecule has 0 N–H and O–H groups in total. The van der Waals surface area contributed by atoms with Crippen molar-refractivity contribution in [3.05, 3.63) is 69.8 Å². The lowest BCUT2D eigenvalue weighted by Gasteiger charge is -2.29. The molecule has 1 unspecified atom stereocenters. The fourth-order valence-electron chi connectivity index (χ4n) is 2.83. The highest BCUT2D eigenvalue weighted by Gasteiger charge is 2.26. The van der Waals surface area contributed by atoms with Crippen LogP contribution in [0.5, 0.6) is 5.75 Å². The fraction of sp³-hybridized carbons (Fsp3) is 0.300. The molecule has 28 heavy (non-hydrogen) atoms. The number of nitrogens with zero attached hydrogens (tertiary/aromatic N) is 2. The Kier molecular flexibility index (Phi) is 7.08. The number of esters is 1. The number of rotatable bonds is 8. The van der Waals surface area contributed by atoms with Crippen molar-refractivity contribution in [1.82, 2.24) is 4.90 Å². The van der Waals surface area contributed by atoms with E-state index in [4.69, 9.17) is 4.74 Å². The quantitative estimate of drug-likeness (QED) is 0.392. The number of nitro groups is 1. The Morgan fingerprint density at radius 2 is 1.82 bits per heavy atom. The van der Waals surface area contributed by atoms with E-state index in [1.54, 1.807) is 0 Å². The summed E-state index contributed by atoms with van der Waals surface area (Å²) in [6, 6.07) is 13.0. The van der Waals surface area contributed by atoms with Gasteiger partial charge in [-0.25, -0.2) is 0 Å². The Hall–Kier alpha value is -3.42. The summed E-state index contributed by atoms with van der Waals surface area (Å²) in [5.74, 6) is -0.802. The molecular weight excluding hydrogens is 364 g/mol. The maximum atomic E-state index is 13.1. The highest BCUT2D eigenvalue weighted by molar-refractivity contribution is 5.95. The van der Waals surface area contributed by atoms with Gasteiger partial charge in [0.2, 0.25) is 0 Å². The number of amides is 1. The molecule has 2 aromatic carbocycles. The lowest BCUT2D eigenvalue weighted by atomic mass is 10.0. The van der Waals surface area contributed by atoms with E-state index in [9.17, 15) is 19.7 Å². The molecule has 0 spiro atoms. The number of methoxy groups -OCH3 is 2. The van der Waals surface area contributed by atoms with Crippen LogP contribution in [0.25, 0.3) is 0 Å². The molecule has 0 aromatic heterocycles. The molecule has 0 saturated heterocycles. The van der Waals surface area contributed by atoms with Crippen LogP contribution < -0.4 is 4.74 Å². The van der Waals surface area contributed by atoms with Crippen LogP contribution in [0.4, 0.5) is 5.69 Å². The molecule has 2 aromatic rings. The van der Waals surface area contributed by atoms with Gasteiger partial charge >= 0.3 is 11.7 Å². The summed E-state index contributed by atoms with van der Waals surface area (Å²) in [6.45, 7) is 1.95. The van der Waals surface area contributed by atoms with Gasteiger partial charge < -0.3 is 14.4 Å². The molecule has 1 amide bonds. The van der Waals surface area contributed by atoms with Crippen LogP contribution in [0.2, 0.25) is 0 Å². The molecule has 1 atom stereocenters. The number of nitro benzene ring substituents is 1. The summed E-state index contributed by atoms with van der Waals surface area (Å²) in [7, 11) is 2.60. The number of carbonyl (C=O) groups is 2. The largest absolute Gasteiger partial charge is 0.490 e. The average molecular weight is 386 g/mol. The van der Waals surface area contributed by atoms with Crippen molar-refractivity contribution in [3.63, 3.8) is 0 Å². The van der Waals surface area contributed by atoms with Crippen molar-refractivity contribution in [3.8, 4) is 5.75 Å². The van der Waals surface area contributed by atoms with Gasteiger partial charge in [0.1, 0.15) is 0 Å². The lowest BCUT2D eigenvalue weighted by Crippen LogP contribution is -2.35. The summed E-state index contributed by atoms with van der Waals surface area (Å²) in [5.41, 5.74) is 0.720. The first-order chi connectivity index (χ1) is 13.4. The van der Waals surface area contributed by atoms with Gasteiger partial charge in [-0.1, -0.05) is 30.3 Å². The molecule has 0 bridgehead atoms. The maximum absolute atomic E-state index is 13.1. The summed E-state index contributed by atoms with van der Waals surface area (Å²) in [5, 5.41) is 11.3. The standard InChI is InChI=1S/C20H22N2O6/c1-14(15-7-5-4-6-8-15)21(12-11-19(23)28-3)20(24)16-9-10-18(27-2)17(13-16)22(25)26/h4-10,13-14H,11-12H2,1-3H3. The van der Waals surface area contributed by atoms with Crippen LogP contribution in [-0.2, 0) is 9.53 Å². The Morgan fingerprint density at radius 1 is 1.14 bits per heavy atom. The molecule has 148 valence electrons. The van der Waals surface area contributed by atoms with Crippen LogP contribution in [0, 0.1) is 10.1 Å². The first-order valence-electron chi connectivity index (χ1n) is 8.64. The van der Waals surface area contributed by atoms with E-state index in [1.165, 1.54) is 37.3 Å². The second-order valence-electron chi connectivity index (χ2n) is 6.06. The van der Waals surface area contributed by atoms with Crippen LogP contribution in [0.3, 0.4) is 0 Å². The Bertz CT molecular complexity index is 853. The molecule has 2 rings (SSSR count). The predicted molar refractivity (Wildman–Crippen MR) is 102 cm³/mol. The smallest absolute Gasteiger partial charge is 0.311 e. The van der Waals surface area contributed by atoms with E-state index in [2.05, 4.69) is 4.74 Å². The lowest BCUT2D eigenvalue weighted by molar-refractivity contribution is -0.385. The van der Waals surface area contributed by atoms with Gasteiger partial charge in [-0.15, -0.1) is 0 Å². The monoisotopic (exact) mass is 386 g/mol. The van der Waals surface area contributed by atoms with Crippen molar-refractivity contribution in [1.29, 1.82) is 0 Å². The van der Waals surface area contributed by atoms with Crippen molar-refractivity contribution >= 4 is 17.6 Å². The predicted octanol–water partition coefficient (Wildman–Crippen LogP) is 3.37. The Labute approximate surface area is 162 Å². The van der Waals surface area contributed by atoms with Gasteiger partial charge in [0.05, 0.1) is 31.6 Å². The van der Waals surface area contributed by atoms with E-state index in [1.807, 2.05) is 37.3 Å². The highest BCUT2D eigenvalue weighted by Crippen LogP contribution is 2.29. The summed E-state index contributed by atoms with van der Waals surface area (Å²) < 4.78 is 9.65. The third-order valence-electron chi connectivity index (χ3n) is 4.42. The summed E-state index contributed by atoms with van der Waals surface area (Å²) >= 11 is 0. The maximum Gasteiger partial charge on any atom is 0.311 e. The van der Waals surface area contributed by atoms with Crippen LogP contribution >= 0.6 is 0 Å². The van der Waals surface area contributed by atoms with Gasteiger partial charge in [0.15, 0.2) is 5.75 Å². The minimum atomic E-state index is -0.602. The third-order valence-corrected chi connectivity index (χ3v) is 4.42. The van der Waals surface area contributed by atoms with Crippen molar-refractivity contribution in [2.24, 2.45) is 0 Å². The van der Waals surface area contributed by atoms with Gasteiger partial charge in [-0.3, -0.25) is 19.7 Å². The average Bonchev–Trinajstić information content (AvgIpc) is 2.73. The SMILES string of the molecule is COC(=O)CCN(C(=O)c1ccc(OC)c([N+](=O)[O-])c1)C(C)c1ccccc1. The second-order valence-corrected chi connectivity index (χ2v) is 6.06. The molecule has 0 aliphatic heterocycles. The van der Waals surface area contributed by atoms with E-state index in [-0.39, 0.29) is 36.0 Å². The second kappa shape index (κ2) is 9.50. The zero-order chi connectivity index (χ0) is 20.7. The minimum Gasteiger partial charge on any atom is -0.490 e. The number of hydrogen-bond donors (Lipinski definition) is 0. The molecule has 0 aliphatic rings. The first kappa shape index (κ1) is 20.9. The molecule has 0 saturated carbocycles. The first-order valence-corrected chi connectivity index (χ1v) is 8.64. The summed E-state index contributed by atoms with van der Waals surface area (Å²) in [6.07, 6.45) is 0.0116. The molecule has 0 radical (unpaired) electrons. The van der Waals surface area contributed by atoms with Crippen LogP contribution in [0.1, 0.15) is 35.3 Å². The van der Waals surface area contributed by atoms with Crippen LogP contribution in [0.15, 0.2) is 48.5 Å². The van der Waals surface area contributed by atoms with Gasteiger partial charge in [-0.05, 0) is 24.6 Å². The van der Waals surface area contributed by atoms with Gasteiger partial charge in [0, 0.05) is 18.2 Å². The number of ether oxygens (including phenoxy) is 2.